The van der Waals surface area contributed by atoms with Crippen molar-refractivity contribution in [3.8, 4) is 18.2 Å². The second-order valence-electron chi connectivity index (χ2n) is 7.22. The number of fused-ring (bicyclic) bond motifs is 1. The summed E-state index contributed by atoms with van der Waals surface area (Å²) in [6.45, 7) is 0.00606. The van der Waals surface area contributed by atoms with Crippen LogP contribution in [0.25, 0.3) is 0 Å². The number of aliphatic imine (C=N–C) groups is 1. The lowest BCUT2D eigenvalue weighted by Crippen LogP contribution is -2.43. The van der Waals surface area contributed by atoms with E-state index in [1.54, 1.807) is 0 Å². The summed E-state index contributed by atoms with van der Waals surface area (Å²) in [6.07, 6.45) is 4.12. The molecule has 7 nitrogen and oxygen atoms in total. The van der Waals surface area contributed by atoms with Crippen molar-refractivity contribution in [2.75, 3.05) is 6.61 Å². The molecule has 0 unspecified atom stereocenters. The number of alkyl halides is 2. The number of ether oxygens (including phenoxy) is 2. The van der Waals surface area contributed by atoms with Gasteiger partial charge in [-0.3, -0.25) is 4.79 Å². The van der Waals surface area contributed by atoms with Crippen molar-refractivity contribution in [3.05, 3.63) is 53.2 Å². The summed E-state index contributed by atoms with van der Waals surface area (Å²) < 4.78 is 53.3. The molecule has 1 aliphatic heterocycles. The van der Waals surface area contributed by atoms with Gasteiger partial charge in [-0.25, -0.2) is 28.1 Å². The molecule has 4 rings (SSSR count). The first kappa shape index (κ1) is 20.7. The summed E-state index contributed by atoms with van der Waals surface area (Å²) in [5.41, 5.74) is 3.48. The highest BCUT2D eigenvalue weighted by Crippen LogP contribution is 2.56. The van der Waals surface area contributed by atoms with Crippen LogP contribution in [-0.2, 0) is 16.7 Å². The predicted octanol–water partition coefficient (Wildman–Crippen LogP) is 2.25. The average molecular weight is 430 g/mol. The van der Waals surface area contributed by atoms with E-state index < -0.39 is 41.6 Å². The Morgan fingerprint density at radius 1 is 1.39 bits per heavy atom. The number of hydrogen-bond acceptors (Lipinski definition) is 7. The third kappa shape index (κ3) is 3.79. The minimum absolute atomic E-state index is 0.00606. The second-order valence-corrected chi connectivity index (χ2v) is 7.22. The smallest absolute Gasteiger partial charge is 0.283 e. The van der Waals surface area contributed by atoms with Crippen LogP contribution in [0.1, 0.15) is 28.0 Å². The maximum atomic E-state index is 14.7. The van der Waals surface area contributed by atoms with Crippen molar-refractivity contribution in [3.63, 3.8) is 0 Å². The zero-order valence-electron chi connectivity index (χ0n) is 16.1. The van der Waals surface area contributed by atoms with E-state index in [9.17, 15) is 18.0 Å². The molecule has 3 atom stereocenters. The molecule has 0 radical (unpaired) electrons. The van der Waals surface area contributed by atoms with Gasteiger partial charge < -0.3 is 15.2 Å². The highest BCUT2D eigenvalue weighted by atomic mass is 19.3. The molecule has 0 amide bonds. The molecule has 0 spiro atoms. The first-order chi connectivity index (χ1) is 14.8. The Kier molecular flexibility index (Phi) is 5.27. The highest BCUT2D eigenvalue weighted by Gasteiger charge is 2.64. The first-order valence-electron chi connectivity index (χ1n) is 9.35. The van der Waals surface area contributed by atoms with Gasteiger partial charge in [0.25, 0.3) is 12.4 Å². The third-order valence-electron chi connectivity index (χ3n) is 5.24. The lowest BCUT2D eigenvalue weighted by atomic mass is 9.83. The lowest BCUT2D eigenvalue weighted by molar-refractivity contribution is 0.0176. The van der Waals surface area contributed by atoms with E-state index in [0.717, 1.165) is 6.07 Å². The van der Waals surface area contributed by atoms with Gasteiger partial charge in [-0.15, -0.1) is 6.42 Å². The lowest BCUT2D eigenvalue weighted by Gasteiger charge is -2.33. The van der Waals surface area contributed by atoms with Crippen molar-refractivity contribution >= 4 is 11.8 Å². The van der Waals surface area contributed by atoms with Crippen molar-refractivity contribution in [2.24, 2.45) is 16.6 Å². The molecule has 2 aromatic rings. The molecular weight excluding hydrogens is 413 g/mol. The normalized spacial score (nSPS) is 23.9. The number of benzene rings is 1. The Morgan fingerprint density at radius 2 is 2.19 bits per heavy atom. The summed E-state index contributed by atoms with van der Waals surface area (Å²) in [5, 5.41) is 0. The molecule has 1 aromatic heterocycles. The van der Waals surface area contributed by atoms with Crippen LogP contribution in [0.5, 0.6) is 5.88 Å². The Hall–Kier alpha value is -3.61. The maximum Gasteiger partial charge on any atom is 0.283 e. The second kappa shape index (κ2) is 7.91. The molecule has 31 heavy (non-hydrogen) atoms. The van der Waals surface area contributed by atoms with Crippen molar-refractivity contribution < 1.29 is 27.4 Å². The minimum atomic E-state index is -3.01. The van der Waals surface area contributed by atoms with Crippen LogP contribution in [0.3, 0.4) is 0 Å². The molecule has 1 aromatic carbocycles. The Labute approximate surface area is 175 Å². The first-order valence-corrected chi connectivity index (χ1v) is 9.35. The van der Waals surface area contributed by atoms with Gasteiger partial charge in [0.05, 0.1) is 12.4 Å². The zero-order valence-corrected chi connectivity index (χ0v) is 16.1. The van der Waals surface area contributed by atoms with Gasteiger partial charge in [0.2, 0.25) is 5.88 Å². The topological polar surface area (TPSA) is 99.7 Å². The molecule has 2 aliphatic rings. The number of terminal acetylenes is 1. The number of Topliss-reactive ketones (excluding diaryl/α,β-unsaturated/α-hetero) is 1. The third-order valence-corrected chi connectivity index (χ3v) is 5.24. The van der Waals surface area contributed by atoms with E-state index in [2.05, 4.69) is 20.9 Å². The molecule has 1 saturated carbocycles. The summed E-state index contributed by atoms with van der Waals surface area (Å²) in [6, 6.07) is 3.23. The molecule has 0 saturated heterocycles. The Morgan fingerprint density at radius 3 is 2.87 bits per heavy atom. The van der Waals surface area contributed by atoms with Gasteiger partial charge in [0, 0.05) is 17.9 Å². The Bertz CT molecular complexity index is 1080. The van der Waals surface area contributed by atoms with Crippen LogP contribution in [0.2, 0.25) is 0 Å². The van der Waals surface area contributed by atoms with Gasteiger partial charge in [-0.2, -0.15) is 0 Å². The monoisotopic (exact) mass is 430 g/mol. The molecule has 1 aliphatic carbocycles. The minimum Gasteiger partial charge on any atom is -0.463 e. The number of hydrogen-bond donors (Lipinski definition) is 1. The number of aromatic nitrogens is 2. The van der Waals surface area contributed by atoms with Crippen LogP contribution in [0.15, 0.2) is 35.6 Å². The largest absolute Gasteiger partial charge is 0.463 e. The molecular formula is C21H17F3N4O3. The number of carbonyl (C=O) groups is 1. The van der Waals surface area contributed by atoms with E-state index >= 15 is 0 Å². The SMILES string of the molecule is C#CCOc1cnc(C(=O)Cc2ccc(F)c([C@@]3(C(F)F)N=C(N)O[C@@H]4C[C@@H]43)c2)cn1. The number of carbonyl (C=O) groups excluding carboxylic acids is 1. The summed E-state index contributed by atoms with van der Waals surface area (Å²) >= 11 is 0. The van der Waals surface area contributed by atoms with E-state index in [0.29, 0.717) is 12.0 Å². The average Bonchev–Trinajstić information content (AvgIpc) is 3.53. The molecule has 10 heteroatoms. The summed E-state index contributed by atoms with van der Waals surface area (Å²) in [5.74, 6) is 0.460. The van der Waals surface area contributed by atoms with Crippen molar-refractivity contribution in [1.29, 1.82) is 0 Å². The van der Waals surface area contributed by atoms with Crippen LogP contribution >= 0.6 is 0 Å². The van der Waals surface area contributed by atoms with Gasteiger partial charge in [0.15, 0.2) is 17.9 Å². The van der Waals surface area contributed by atoms with Gasteiger partial charge in [-0.05, 0) is 24.1 Å². The van der Waals surface area contributed by atoms with Crippen LogP contribution in [-0.4, -0.2) is 40.9 Å². The quantitative estimate of drug-likeness (QED) is 0.534. The van der Waals surface area contributed by atoms with Crippen molar-refractivity contribution in [1.82, 2.24) is 9.97 Å². The zero-order chi connectivity index (χ0) is 22.2. The summed E-state index contributed by atoms with van der Waals surface area (Å²) in [7, 11) is 0. The predicted molar refractivity (Wildman–Crippen MR) is 103 cm³/mol. The molecule has 1 fully saturated rings. The van der Waals surface area contributed by atoms with E-state index in [1.165, 1.54) is 24.5 Å². The van der Waals surface area contributed by atoms with E-state index in [4.69, 9.17) is 21.6 Å². The van der Waals surface area contributed by atoms with E-state index in [1.807, 2.05) is 0 Å². The Balaban J connectivity index is 1.60. The number of nitrogens with zero attached hydrogens (tertiary/aromatic N) is 3. The van der Waals surface area contributed by atoms with Crippen molar-refractivity contribution in [2.45, 2.75) is 30.9 Å². The van der Waals surface area contributed by atoms with Gasteiger partial charge in [-0.1, -0.05) is 12.0 Å². The van der Waals surface area contributed by atoms with Crippen LogP contribution in [0, 0.1) is 24.1 Å². The number of ketones is 1. The fraction of sp³-hybridized carbons (Fsp3) is 0.333. The van der Waals surface area contributed by atoms with Crippen LogP contribution < -0.4 is 10.5 Å². The maximum absolute atomic E-state index is 14.7. The number of nitrogens with two attached hydrogens (primary N) is 1. The number of halogens is 3. The fourth-order valence-corrected chi connectivity index (χ4v) is 3.72. The van der Waals surface area contributed by atoms with Crippen LogP contribution in [0.4, 0.5) is 13.2 Å². The molecule has 160 valence electrons. The fourth-order valence-electron chi connectivity index (χ4n) is 3.72. The number of rotatable bonds is 7. The molecule has 2 heterocycles. The number of amidine groups is 1. The summed E-state index contributed by atoms with van der Waals surface area (Å²) in [4.78, 5) is 24.3. The molecule has 0 bridgehead atoms. The van der Waals surface area contributed by atoms with Gasteiger partial charge in [0.1, 0.15) is 17.6 Å². The molecule has 2 N–H and O–H groups in total. The van der Waals surface area contributed by atoms with E-state index in [-0.39, 0.29) is 30.2 Å². The highest BCUT2D eigenvalue weighted by molar-refractivity contribution is 5.95. The standard InChI is InChI=1S/C21H17F3N4O3/c1-2-5-30-18-10-26-15(9-27-18)16(29)7-11-3-4-14(22)12(6-11)21(19(23)24)13-8-17(13)31-20(25)28-21/h1,3-4,6,9-10,13,17,19H,5,7-8H2,(H2,25,28)/t13-,17+,21+/m0/s1. The van der Waals surface area contributed by atoms with Gasteiger partial charge >= 0.3 is 0 Å².